The van der Waals surface area contributed by atoms with E-state index in [4.69, 9.17) is 4.98 Å². The van der Waals surface area contributed by atoms with E-state index in [-0.39, 0.29) is 10.8 Å². The average Bonchev–Trinajstić information content (AvgIpc) is 2.50. The first kappa shape index (κ1) is 18.8. The molecule has 6 nitrogen and oxygen atoms in total. The highest BCUT2D eigenvalue weighted by molar-refractivity contribution is 5.54. The van der Waals surface area contributed by atoms with Crippen molar-refractivity contribution in [1.29, 1.82) is 0 Å². The van der Waals surface area contributed by atoms with Crippen LogP contribution in [-0.4, -0.2) is 49.2 Å². The fourth-order valence-electron chi connectivity index (χ4n) is 2.36. The standard InChI is InChI=1S/C18H34N6/c1-17(2,3)12-20-14-11-15(24-9-7-19-8-10-24)23-16(22-14)21-13-18(4,5)6/h11,19H,7-10,12-13H2,1-6H3,(H2,20,21,22,23). The molecule has 0 bridgehead atoms. The second-order valence-corrected chi connectivity index (χ2v) is 9.00. The topological polar surface area (TPSA) is 65.1 Å². The summed E-state index contributed by atoms with van der Waals surface area (Å²) in [6, 6.07) is 2.07. The third-order valence-corrected chi connectivity index (χ3v) is 3.73. The van der Waals surface area contributed by atoms with Gasteiger partial charge in [0.15, 0.2) is 0 Å². The van der Waals surface area contributed by atoms with Crippen LogP contribution in [-0.2, 0) is 0 Å². The van der Waals surface area contributed by atoms with E-state index in [9.17, 15) is 0 Å². The summed E-state index contributed by atoms with van der Waals surface area (Å²) in [7, 11) is 0. The number of anilines is 3. The summed E-state index contributed by atoms with van der Waals surface area (Å²) in [4.78, 5) is 11.7. The first-order chi connectivity index (χ1) is 11.1. The van der Waals surface area contributed by atoms with Crippen LogP contribution in [0.2, 0.25) is 0 Å². The summed E-state index contributed by atoms with van der Waals surface area (Å²) >= 11 is 0. The van der Waals surface area contributed by atoms with Crippen molar-refractivity contribution in [2.75, 3.05) is 54.8 Å². The largest absolute Gasteiger partial charge is 0.369 e. The van der Waals surface area contributed by atoms with Gasteiger partial charge in [0.05, 0.1) is 0 Å². The average molecular weight is 335 g/mol. The van der Waals surface area contributed by atoms with Crippen LogP contribution in [0, 0.1) is 10.8 Å². The summed E-state index contributed by atoms with van der Waals surface area (Å²) in [5.74, 6) is 2.60. The Morgan fingerprint density at radius 1 is 0.958 bits per heavy atom. The fourth-order valence-corrected chi connectivity index (χ4v) is 2.36. The molecule has 1 aliphatic rings. The van der Waals surface area contributed by atoms with Crippen LogP contribution in [0.4, 0.5) is 17.6 Å². The summed E-state index contributed by atoms with van der Waals surface area (Å²) in [5.41, 5.74) is 0.395. The Morgan fingerprint density at radius 3 is 2.12 bits per heavy atom. The van der Waals surface area contributed by atoms with Gasteiger partial charge in [-0.25, -0.2) is 0 Å². The molecule has 0 unspecified atom stereocenters. The van der Waals surface area contributed by atoms with Gasteiger partial charge in [-0.1, -0.05) is 41.5 Å². The number of nitrogens with one attached hydrogen (secondary N) is 3. The van der Waals surface area contributed by atoms with E-state index in [0.29, 0.717) is 5.95 Å². The minimum absolute atomic E-state index is 0.188. The Bertz CT molecular complexity index is 487. The number of piperazine rings is 1. The minimum atomic E-state index is 0.188. The number of aromatic nitrogens is 2. The molecule has 0 aliphatic carbocycles. The highest BCUT2D eigenvalue weighted by Gasteiger charge is 2.17. The van der Waals surface area contributed by atoms with Crippen LogP contribution in [0.15, 0.2) is 6.07 Å². The zero-order valence-corrected chi connectivity index (χ0v) is 16.2. The summed E-state index contributed by atoms with van der Waals surface area (Å²) in [5, 5.41) is 10.3. The molecule has 24 heavy (non-hydrogen) atoms. The van der Waals surface area contributed by atoms with Gasteiger partial charge in [-0.05, 0) is 10.8 Å². The van der Waals surface area contributed by atoms with Gasteiger partial charge in [0.1, 0.15) is 11.6 Å². The number of nitrogens with zero attached hydrogens (tertiary/aromatic N) is 3. The third kappa shape index (κ3) is 6.51. The van der Waals surface area contributed by atoms with Crippen molar-refractivity contribution in [3.05, 3.63) is 6.07 Å². The second kappa shape index (κ2) is 7.55. The number of hydrogen-bond acceptors (Lipinski definition) is 6. The number of rotatable bonds is 5. The molecule has 2 heterocycles. The van der Waals surface area contributed by atoms with Crippen molar-refractivity contribution >= 4 is 17.6 Å². The van der Waals surface area contributed by atoms with E-state index in [1.54, 1.807) is 0 Å². The second-order valence-electron chi connectivity index (χ2n) is 9.00. The van der Waals surface area contributed by atoms with Crippen molar-refractivity contribution < 1.29 is 0 Å². The zero-order valence-electron chi connectivity index (χ0n) is 16.2. The minimum Gasteiger partial charge on any atom is -0.369 e. The van der Waals surface area contributed by atoms with E-state index in [1.807, 2.05) is 0 Å². The quantitative estimate of drug-likeness (QED) is 0.769. The fraction of sp³-hybridized carbons (Fsp3) is 0.778. The first-order valence-electron chi connectivity index (χ1n) is 8.95. The Kier molecular flexibility index (Phi) is 5.91. The van der Waals surface area contributed by atoms with Crippen molar-refractivity contribution in [3.63, 3.8) is 0 Å². The number of hydrogen-bond donors (Lipinski definition) is 3. The predicted octanol–water partition coefficient (Wildman–Crippen LogP) is 2.80. The summed E-state index contributed by atoms with van der Waals surface area (Å²) in [6.45, 7) is 19.0. The molecule has 1 aromatic rings. The highest BCUT2D eigenvalue weighted by Crippen LogP contribution is 2.22. The predicted molar refractivity (Wildman–Crippen MR) is 103 cm³/mol. The maximum absolute atomic E-state index is 4.74. The third-order valence-electron chi connectivity index (χ3n) is 3.73. The maximum atomic E-state index is 4.74. The van der Waals surface area contributed by atoms with Gasteiger partial charge in [-0.3, -0.25) is 0 Å². The molecule has 136 valence electrons. The van der Waals surface area contributed by atoms with Crippen molar-refractivity contribution in [3.8, 4) is 0 Å². The van der Waals surface area contributed by atoms with Crippen molar-refractivity contribution in [1.82, 2.24) is 15.3 Å². The molecule has 1 fully saturated rings. The van der Waals surface area contributed by atoms with E-state index in [0.717, 1.165) is 50.9 Å². The van der Waals surface area contributed by atoms with Gasteiger partial charge < -0.3 is 20.9 Å². The Balaban J connectivity index is 2.18. The van der Waals surface area contributed by atoms with Crippen LogP contribution in [0.1, 0.15) is 41.5 Å². The monoisotopic (exact) mass is 334 g/mol. The van der Waals surface area contributed by atoms with Gasteiger partial charge in [0, 0.05) is 45.3 Å². The normalized spacial score (nSPS) is 16.2. The molecule has 2 rings (SSSR count). The van der Waals surface area contributed by atoms with Crippen molar-refractivity contribution in [2.24, 2.45) is 10.8 Å². The molecule has 1 aliphatic heterocycles. The van der Waals surface area contributed by atoms with E-state index in [2.05, 4.69) is 73.4 Å². The Morgan fingerprint density at radius 2 is 1.54 bits per heavy atom. The van der Waals surface area contributed by atoms with Crippen LogP contribution < -0.4 is 20.9 Å². The molecule has 0 atom stereocenters. The highest BCUT2D eigenvalue weighted by atomic mass is 15.3. The van der Waals surface area contributed by atoms with E-state index >= 15 is 0 Å². The summed E-state index contributed by atoms with van der Waals surface area (Å²) < 4.78 is 0. The Hall–Kier alpha value is -1.56. The molecule has 1 aromatic heterocycles. The zero-order chi connectivity index (χ0) is 17.8. The van der Waals surface area contributed by atoms with Gasteiger partial charge in [-0.15, -0.1) is 0 Å². The first-order valence-corrected chi connectivity index (χ1v) is 8.95. The molecule has 0 saturated carbocycles. The van der Waals surface area contributed by atoms with Crippen LogP contribution >= 0.6 is 0 Å². The maximum Gasteiger partial charge on any atom is 0.226 e. The molecule has 0 aromatic carbocycles. The Labute approximate surface area is 146 Å². The molecule has 1 saturated heterocycles. The molecule has 6 heteroatoms. The van der Waals surface area contributed by atoms with Gasteiger partial charge in [0.25, 0.3) is 0 Å². The van der Waals surface area contributed by atoms with E-state index in [1.165, 1.54) is 0 Å². The molecule has 0 amide bonds. The van der Waals surface area contributed by atoms with E-state index < -0.39 is 0 Å². The molecular formula is C18H34N6. The molecular weight excluding hydrogens is 300 g/mol. The smallest absolute Gasteiger partial charge is 0.226 e. The van der Waals surface area contributed by atoms with Gasteiger partial charge in [-0.2, -0.15) is 9.97 Å². The molecule has 0 spiro atoms. The molecule has 0 radical (unpaired) electrons. The SMILES string of the molecule is CC(C)(C)CNc1cc(N2CCNCC2)nc(NCC(C)(C)C)n1. The lowest BCUT2D eigenvalue weighted by Gasteiger charge is -2.29. The van der Waals surface area contributed by atoms with Gasteiger partial charge >= 0.3 is 0 Å². The van der Waals surface area contributed by atoms with Gasteiger partial charge in [0.2, 0.25) is 5.95 Å². The lowest BCUT2D eigenvalue weighted by atomic mass is 9.97. The van der Waals surface area contributed by atoms with Crippen LogP contribution in [0.25, 0.3) is 0 Å². The lowest BCUT2D eigenvalue weighted by Crippen LogP contribution is -2.44. The lowest BCUT2D eigenvalue weighted by molar-refractivity contribution is 0.441. The van der Waals surface area contributed by atoms with Crippen LogP contribution in [0.5, 0.6) is 0 Å². The molecule has 3 N–H and O–H groups in total. The van der Waals surface area contributed by atoms with Crippen molar-refractivity contribution in [2.45, 2.75) is 41.5 Å². The van der Waals surface area contributed by atoms with Crippen LogP contribution in [0.3, 0.4) is 0 Å². The summed E-state index contributed by atoms with van der Waals surface area (Å²) in [6.07, 6.45) is 0.